The number of ether oxygens (including phenoxy) is 2. The zero-order valence-corrected chi connectivity index (χ0v) is 14.8. The van der Waals surface area contributed by atoms with Crippen LogP contribution in [0, 0.1) is 6.92 Å². The minimum atomic E-state index is -4.25. The standard InChI is InChI=1S/C13H22N3O7P/c1-5-8-9(23-24(18,19)21-4)10(20-3)12(22-8)16-6-7(2)11(14)15-13(16)17/h6,8-10,12H,5H2,1-4H3,(H,18,19)(H2,14,15,17)/t8-,9?,10?,12-/m1/s1. The molecule has 0 saturated carbocycles. The van der Waals surface area contributed by atoms with Crippen LogP contribution in [0.2, 0.25) is 0 Å². The molecular weight excluding hydrogens is 341 g/mol. The van der Waals surface area contributed by atoms with Crippen LogP contribution in [0.25, 0.3) is 0 Å². The molecule has 2 rings (SSSR count). The summed E-state index contributed by atoms with van der Waals surface area (Å²) < 4.78 is 33.9. The van der Waals surface area contributed by atoms with Crippen molar-refractivity contribution in [2.24, 2.45) is 0 Å². The van der Waals surface area contributed by atoms with Gasteiger partial charge in [0.15, 0.2) is 6.23 Å². The first kappa shape index (κ1) is 19.0. The molecule has 1 saturated heterocycles. The van der Waals surface area contributed by atoms with Crippen LogP contribution in [-0.2, 0) is 23.1 Å². The van der Waals surface area contributed by atoms with E-state index in [0.29, 0.717) is 12.0 Å². The summed E-state index contributed by atoms with van der Waals surface area (Å²) >= 11 is 0. The highest BCUT2D eigenvalue weighted by atomic mass is 31.2. The van der Waals surface area contributed by atoms with Crippen LogP contribution < -0.4 is 11.4 Å². The number of nitrogens with two attached hydrogens (primary N) is 1. The van der Waals surface area contributed by atoms with Crippen LogP contribution >= 0.6 is 7.82 Å². The maximum absolute atomic E-state index is 12.2. The lowest BCUT2D eigenvalue weighted by molar-refractivity contribution is -0.0541. The third-order valence-electron chi connectivity index (χ3n) is 3.89. The number of aromatic nitrogens is 2. The van der Waals surface area contributed by atoms with Gasteiger partial charge in [-0.05, 0) is 13.3 Å². The van der Waals surface area contributed by atoms with Gasteiger partial charge < -0.3 is 20.1 Å². The molecule has 10 nitrogen and oxygen atoms in total. The Morgan fingerprint density at radius 3 is 2.67 bits per heavy atom. The average molecular weight is 363 g/mol. The number of hydrogen-bond donors (Lipinski definition) is 2. The number of hydrogen-bond acceptors (Lipinski definition) is 8. The minimum Gasteiger partial charge on any atom is -0.383 e. The van der Waals surface area contributed by atoms with E-state index < -0.39 is 38.1 Å². The van der Waals surface area contributed by atoms with E-state index in [4.69, 9.17) is 19.7 Å². The second kappa shape index (κ2) is 7.30. The van der Waals surface area contributed by atoms with Crippen molar-refractivity contribution in [1.82, 2.24) is 9.55 Å². The Labute approximate surface area is 139 Å². The highest BCUT2D eigenvalue weighted by Gasteiger charge is 2.49. The molecule has 1 aliphatic rings. The van der Waals surface area contributed by atoms with Crippen LogP contribution in [0.5, 0.6) is 0 Å². The van der Waals surface area contributed by atoms with Crippen molar-refractivity contribution in [2.45, 2.75) is 44.8 Å². The second-order valence-corrected chi connectivity index (χ2v) is 6.91. The zero-order chi connectivity index (χ0) is 18.1. The smallest absolute Gasteiger partial charge is 0.383 e. The van der Waals surface area contributed by atoms with Crippen molar-refractivity contribution in [1.29, 1.82) is 0 Å². The number of rotatable bonds is 6. The van der Waals surface area contributed by atoms with Crippen molar-refractivity contribution in [3.8, 4) is 0 Å². The molecule has 0 aliphatic carbocycles. The second-order valence-electron chi connectivity index (χ2n) is 5.39. The minimum absolute atomic E-state index is 0.127. The van der Waals surface area contributed by atoms with Gasteiger partial charge in [0.1, 0.15) is 18.0 Å². The first-order valence-electron chi connectivity index (χ1n) is 7.34. The summed E-state index contributed by atoms with van der Waals surface area (Å²) in [5.41, 5.74) is 5.61. The van der Waals surface area contributed by atoms with E-state index in [1.807, 2.05) is 6.92 Å². The van der Waals surface area contributed by atoms with Crippen LogP contribution in [0.15, 0.2) is 11.0 Å². The fourth-order valence-electron chi connectivity index (χ4n) is 2.60. The molecule has 1 aliphatic heterocycles. The number of phosphoric acid groups is 1. The normalized spacial score (nSPS) is 29.5. The van der Waals surface area contributed by atoms with E-state index in [1.54, 1.807) is 6.92 Å². The summed E-state index contributed by atoms with van der Waals surface area (Å²) in [6, 6.07) is 0. The van der Waals surface area contributed by atoms with Gasteiger partial charge in [-0.2, -0.15) is 4.98 Å². The molecule has 3 N–H and O–H groups in total. The lowest BCUT2D eigenvalue weighted by Crippen LogP contribution is -2.38. The van der Waals surface area contributed by atoms with Crippen LogP contribution in [0.4, 0.5) is 5.82 Å². The molecule has 1 aromatic rings. The quantitative estimate of drug-likeness (QED) is 0.696. The first-order valence-corrected chi connectivity index (χ1v) is 8.84. The monoisotopic (exact) mass is 363 g/mol. The fraction of sp³-hybridized carbons (Fsp3) is 0.692. The predicted molar refractivity (Wildman–Crippen MR) is 84.4 cm³/mol. The molecule has 2 heterocycles. The summed E-state index contributed by atoms with van der Waals surface area (Å²) in [6.07, 6.45) is -1.17. The molecule has 0 amide bonds. The van der Waals surface area contributed by atoms with Gasteiger partial charge in [-0.1, -0.05) is 6.92 Å². The van der Waals surface area contributed by atoms with Gasteiger partial charge in [0, 0.05) is 26.0 Å². The summed E-state index contributed by atoms with van der Waals surface area (Å²) in [6.45, 7) is 3.52. The maximum Gasteiger partial charge on any atom is 0.472 e. The molecule has 0 aromatic carbocycles. The molecule has 136 valence electrons. The summed E-state index contributed by atoms with van der Waals surface area (Å²) in [7, 11) is -1.79. The van der Waals surface area contributed by atoms with Crippen molar-refractivity contribution < 1.29 is 28.0 Å². The molecule has 3 unspecified atom stereocenters. The molecule has 1 fully saturated rings. The van der Waals surface area contributed by atoms with Crippen molar-refractivity contribution >= 4 is 13.6 Å². The summed E-state index contributed by atoms with van der Waals surface area (Å²) in [5.74, 6) is 0.127. The van der Waals surface area contributed by atoms with Gasteiger partial charge in [-0.25, -0.2) is 9.36 Å². The van der Waals surface area contributed by atoms with Gasteiger partial charge in [0.2, 0.25) is 0 Å². The number of anilines is 1. The van der Waals surface area contributed by atoms with Gasteiger partial charge in [0.25, 0.3) is 0 Å². The Bertz CT molecular complexity index is 695. The van der Waals surface area contributed by atoms with E-state index in [9.17, 15) is 14.3 Å². The van der Waals surface area contributed by atoms with Crippen LogP contribution in [0.3, 0.4) is 0 Å². The third-order valence-corrected chi connectivity index (χ3v) is 4.86. The van der Waals surface area contributed by atoms with Crippen molar-refractivity contribution in [3.63, 3.8) is 0 Å². The fourth-order valence-corrected chi connectivity index (χ4v) is 3.25. The molecule has 24 heavy (non-hydrogen) atoms. The van der Waals surface area contributed by atoms with Crippen molar-refractivity contribution in [3.05, 3.63) is 22.2 Å². The Balaban J connectivity index is 2.40. The van der Waals surface area contributed by atoms with Crippen LogP contribution in [-0.4, -0.2) is 47.0 Å². The zero-order valence-electron chi connectivity index (χ0n) is 13.9. The summed E-state index contributed by atoms with van der Waals surface area (Å²) in [5, 5.41) is 0. The first-order chi connectivity index (χ1) is 11.2. The van der Waals surface area contributed by atoms with Gasteiger partial charge in [-0.3, -0.25) is 13.6 Å². The number of nitrogens with zero attached hydrogens (tertiary/aromatic N) is 2. The molecule has 0 bridgehead atoms. The number of aryl methyl sites for hydroxylation is 1. The van der Waals surface area contributed by atoms with Gasteiger partial charge in [-0.15, -0.1) is 0 Å². The largest absolute Gasteiger partial charge is 0.472 e. The molecule has 5 atom stereocenters. The topological polar surface area (TPSA) is 135 Å². The molecule has 11 heteroatoms. The molecular formula is C13H22N3O7P. The van der Waals surface area contributed by atoms with Gasteiger partial charge >= 0.3 is 13.5 Å². The van der Waals surface area contributed by atoms with E-state index in [2.05, 4.69) is 9.51 Å². The number of phosphoric ester groups is 1. The molecule has 0 spiro atoms. The maximum atomic E-state index is 12.2. The Kier molecular flexibility index (Phi) is 5.79. The third kappa shape index (κ3) is 3.69. The number of methoxy groups -OCH3 is 1. The van der Waals surface area contributed by atoms with Gasteiger partial charge in [0.05, 0.1) is 6.10 Å². The Hall–Kier alpha value is -1.29. The lowest BCUT2D eigenvalue weighted by Gasteiger charge is -2.24. The highest BCUT2D eigenvalue weighted by Crippen LogP contribution is 2.48. The Morgan fingerprint density at radius 2 is 2.12 bits per heavy atom. The summed E-state index contributed by atoms with van der Waals surface area (Å²) in [4.78, 5) is 25.5. The molecule has 0 radical (unpaired) electrons. The lowest BCUT2D eigenvalue weighted by atomic mass is 10.1. The SMILES string of the molecule is CC[C@H]1O[C@@H](n2cc(C)c(N)nc2=O)C(OC)C1OP(=O)(O)OC. The number of nitrogen functional groups attached to an aromatic ring is 1. The van der Waals surface area contributed by atoms with E-state index in [-0.39, 0.29) is 5.82 Å². The van der Waals surface area contributed by atoms with E-state index in [1.165, 1.54) is 17.9 Å². The van der Waals surface area contributed by atoms with Crippen molar-refractivity contribution in [2.75, 3.05) is 20.0 Å². The van der Waals surface area contributed by atoms with Crippen LogP contribution in [0.1, 0.15) is 25.1 Å². The molecule has 1 aromatic heterocycles. The average Bonchev–Trinajstić information content (AvgIpc) is 2.87. The predicted octanol–water partition coefficient (Wildman–Crippen LogP) is 0.588. The van der Waals surface area contributed by atoms with E-state index in [0.717, 1.165) is 7.11 Å². The Morgan fingerprint density at radius 1 is 1.46 bits per heavy atom. The highest BCUT2D eigenvalue weighted by molar-refractivity contribution is 7.47. The van der Waals surface area contributed by atoms with E-state index >= 15 is 0 Å².